The van der Waals surface area contributed by atoms with Crippen LogP contribution < -0.4 is 0 Å². The topological polar surface area (TPSA) is 64.1 Å². The van der Waals surface area contributed by atoms with E-state index in [1.807, 2.05) is 6.07 Å². The van der Waals surface area contributed by atoms with E-state index in [9.17, 15) is 13.2 Å². The normalized spacial score (nSPS) is 24.4. The van der Waals surface area contributed by atoms with Gasteiger partial charge in [0.1, 0.15) is 5.78 Å². The van der Waals surface area contributed by atoms with Crippen molar-refractivity contribution in [3.8, 4) is 0 Å². The van der Waals surface area contributed by atoms with Gasteiger partial charge in [0.2, 0.25) is 0 Å². The lowest BCUT2D eigenvalue weighted by molar-refractivity contribution is -0.123. The standard InChI is InChI=1S/C12H15NO3S/c1-9(11-4-2-3-6-13-11)12(14)10-5-7-17(15,16)8-10/h2-4,6,9-10H,5,7-8H2,1H3. The van der Waals surface area contributed by atoms with E-state index in [2.05, 4.69) is 4.98 Å². The molecule has 2 atom stereocenters. The van der Waals surface area contributed by atoms with Gasteiger partial charge in [0, 0.05) is 12.1 Å². The van der Waals surface area contributed by atoms with Gasteiger partial charge in [-0.15, -0.1) is 0 Å². The number of Topliss-reactive ketones (excluding diaryl/α,β-unsaturated/α-hetero) is 1. The Hall–Kier alpha value is -1.23. The first kappa shape index (κ1) is 12.2. The van der Waals surface area contributed by atoms with Gasteiger partial charge in [-0.1, -0.05) is 6.07 Å². The Morgan fingerprint density at radius 1 is 1.47 bits per heavy atom. The summed E-state index contributed by atoms with van der Waals surface area (Å²) in [5.41, 5.74) is 0.710. The molecule has 0 aliphatic carbocycles. The minimum Gasteiger partial charge on any atom is -0.299 e. The Kier molecular flexibility index (Phi) is 3.28. The Morgan fingerprint density at radius 3 is 2.76 bits per heavy atom. The van der Waals surface area contributed by atoms with E-state index in [1.54, 1.807) is 25.3 Å². The van der Waals surface area contributed by atoms with Crippen molar-refractivity contribution in [1.29, 1.82) is 0 Å². The third-order valence-electron chi connectivity index (χ3n) is 3.19. The third-order valence-corrected chi connectivity index (χ3v) is 4.96. The second kappa shape index (κ2) is 4.56. The van der Waals surface area contributed by atoms with Gasteiger partial charge in [0.25, 0.3) is 0 Å². The zero-order valence-corrected chi connectivity index (χ0v) is 10.5. The van der Waals surface area contributed by atoms with Crippen LogP contribution in [0, 0.1) is 5.92 Å². The molecule has 0 radical (unpaired) electrons. The number of carbonyl (C=O) groups excluding carboxylic acids is 1. The molecule has 1 aliphatic rings. The van der Waals surface area contributed by atoms with Crippen molar-refractivity contribution in [3.63, 3.8) is 0 Å². The van der Waals surface area contributed by atoms with Crippen LogP contribution in [0.5, 0.6) is 0 Å². The molecule has 2 rings (SSSR count). The fourth-order valence-electron chi connectivity index (χ4n) is 2.15. The minimum atomic E-state index is -3.00. The average molecular weight is 253 g/mol. The predicted octanol–water partition coefficient (Wildman–Crippen LogP) is 1.19. The largest absolute Gasteiger partial charge is 0.299 e. The Bertz CT molecular complexity index is 510. The number of nitrogens with zero attached hydrogens (tertiary/aromatic N) is 1. The molecule has 1 aliphatic heterocycles. The van der Waals surface area contributed by atoms with E-state index < -0.39 is 9.84 Å². The molecule has 0 saturated carbocycles. The quantitative estimate of drug-likeness (QED) is 0.811. The van der Waals surface area contributed by atoms with Crippen LogP contribution in [0.2, 0.25) is 0 Å². The summed E-state index contributed by atoms with van der Waals surface area (Å²) in [6.45, 7) is 1.79. The van der Waals surface area contributed by atoms with Gasteiger partial charge in [0.05, 0.1) is 23.1 Å². The molecule has 2 heterocycles. The van der Waals surface area contributed by atoms with Crippen LogP contribution >= 0.6 is 0 Å². The van der Waals surface area contributed by atoms with E-state index in [0.29, 0.717) is 12.1 Å². The number of hydrogen-bond donors (Lipinski definition) is 0. The van der Waals surface area contributed by atoms with Crippen LogP contribution in [0.15, 0.2) is 24.4 Å². The molecule has 2 unspecified atom stereocenters. The Balaban J connectivity index is 2.12. The summed E-state index contributed by atoms with van der Waals surface area (Å²) in [4.78, 5) is 16.3. The van der Waals surface area contributed by atoms with E-state index in [-0.39, 0.29) is 29.1 Å². The number of rotatable bonds is 3. The van der Waals surface area contributed by atoms with E-state index in [4.69, 9.17) is 0 Å². The summed E-state index contributed by atoms with van der Waals surface area (Å²) in [6, 6.07) is 5.42. The van der Waals surface area contributed by atoms with Crippen molar-refractivity contribution in [1.82, 2.24) is 4.98 Å². The summed E-state index contributed by atoms with van der Waals surface area (Å²) < 4.78 is 22.7. The maximum absolute atomic E-state index is 12.1. The zero-order valence-electron chi connectivity index (χ0n) is 9.67. The summed E-state index contributed by atoms with van der Waals surface area (Å²) in [5, 5.41) is 0. The molecule has 1 fully saturated rings. The summed E-state index contributed by atoms with van der Waals surface area (Å²) in [5.74, 6) is -0.544. The first-order valence-corrected chi connectivity index (χ1v) is 7.47. The van der Waals surface area contributed by atoms with Gasteiger partial charge in [-0.2, -0.15) is 0 Å². The second-order valence-corrected chi connectivity index (χ2v) is 6.71. The summed E-state index contributed by atoms with van der Waals surface area (Å²) in [7, 11) is -3.00. The lowest BCUT2D eigenvalue weighted by atomic mass is 9.91. The van der Waals surface area contributed by atoms with Crippen LogP contribution in [0.3, 0.4) is 0 Å². The molecule has 1 aromatic heterocycles. The second-order valence-electron chi connectivity index (χ2n) is 4.48. The van der Waals surface area contributed by atoms with Gasteiger partial charge >= 0.3 is 0 Å². The summed E-state index contributed by atoms with van der Waals surface area (Å²) in [6.07, 6.45) is 2.10. The van der Waals surface area contributed by atoms with Crippen molar-refractivity contribution in [3.05, 3.63) is 30.1 Å². The van der Waals surface area contributed by atoms with Gasteiger partial charge in [-0.25, -0.2) is 8.42 Å². The number of aromatic nitrogens is 1. The van der Waals surface area contributed by atoms with E-state index in [1.165, 1.54) is 0 Å². The SMILES string of the molecule is CC(C(=O)C1CCS(=O)(=O)C1)c1ccccn1. The third kappa shape index (κ3) is 2.72. The summed E-state index contributed by atoms with van der Waals surface area (Å²) >= 11 is 0. The number of ketones is 1. The molecule has 0 bridgehead atoms. The smallest absolute Gasteiger partial charge is 0.151 e. The van der Waals surface area contributed by atoms with Crippen LogP contribution in [-0.2, 0) is 14.6 Å². The molecule has 1 aromatic rings. The van der Waals surface area contributed by atoms with Crippen LogP contribution in [0.25, 0.3) is 0 Å². The van der Waals surface area contributed by atoms with E-state index >= 15 is 0 Å². The minimum absolute atomic E-state index is 0.00298. The highest BCUT2D eigenvalue weighted by atomic mass is 32.2. The van der Waals surface area contributed by atoms with Gasteiger partial charge in [-0.05, 0) is 25.5 Å². The van der Waals surface area contributed by atoms with Gasteiger partial charge in [-0.3, -0.25) is 9.78 Å². The number of sulfone groups is 1. The highest BCUT2D eigenvalue weighted by Crippen LogP contribution is 2.26. The van der Waals surface area contributed by atoms with Gasteiger partial charge < -0.3 is 0 Å². The van der Waals surface area contributed by atoms with Crippen molar-refractivity contribution in [2.24, 2.45) is 5.92 Å². The van der Waals surface area contributed by atoms with Crippen LogP contribution in [0.1, 0.15) is 25.0 Å². The van der Waals surface area contributed by atoms with Crippen molar-refractivity contribution >= 4 is 15.6 Å². The van der Waals surface area contributed by atoms with Gasteiger partial charge in [0.15, 0.2) is 9.84 Å². The molecule has 0 N–H and O–H groups in total. The Morgan fingerprint density at radius 2 is 2.24 bits per heavy atom. The molecule has 0 amide bonds. The lowest BCUT2D eigenvalue weighted by Gasteiger charge is -2.13. The van der Waals surface area contributed by atoms with E-state index in [0.717, 1.165) is 0 Å². The molecule has 92 valence electrons. The Labute approximate surface area is 101 Å². The molecular formula is C12H15NO3S. The molecule has 1 saturated heterocycles. The maximum atomic E-state index is 12.1. The van der Waals surface area contributed by atoms with Crippen molar-refractivity contribution in [2.45, 2.75) is 19.3 Å². The molecule has 5 heteroatoms. The average Bonchev–Trinajstić information content (AvgIpc) is 2.69. The fourth-order valence-corrected chi connectivity index (χ4v) is 3.91. The zero-order chi connectivity index (χ0) is 12.5. The van der Waals surface area contributed by atoms with Crippen molar-refractivity contribution < 1.29 is 13.2 Å². The number of pyridine rings is 1. The molecular weight excluding hydrogens is 238 g/mol. The molecule has 17 heavy (non-hydrogen) atoms. The first-order valence-electron chi connectivity index (χ1n) is 5.65. The van der Waals surface area contributed by atoms with Crippen molar-refractivity contribution in [2.75, 3.05) is 11.5 Å². The molecule has 0 spiro atoms. The monoisotopic (exact) mass is 253 g/mol. The molecule has 4 nitrogen and oxygen atoms in total. The van der Waals surface area contributed by atoms with Crippen LogP contribution in [-0.4, -0.2) is 30.7 Å². The number of hydrogen-bond acceptors (Lipinski definition) is 4. The highest BCUT2D eigenvalue weighted by molar-refractivity contribution is 7.91. The number of carbonyl (C=O) groups is 1. The predicted molar refractivity (Wildman–Crippen MR) is 64.4 cm³/mol. The maximum Gasteiger partial charge on any atom is 0.151 e. The highest BCUT2D eigenvalue weighted by Gasteiger charge is 2.35. The van der Waals surface area contributed by atoms with Crippen LogP contribution in [0.4, 0.5) is 0 Å². The molecule has 0 aromatic carbocycles. The lowest BCUT2D eigenvalue weighted by Crippen LogP contribution is -2.22. The fraction of sp³-hybridized carbons (Fsp3) is 0.500. The first-order chi connectivity index (χ1) is 7.99.